The normalized spacial score (nSPS) is 12.4. The predicted octanol–water partition coefficient (Wildman–Crippen LogP) is 3.26. The number of benzene rings is 1. The molecule has 0 aliphatic rings. The topological polar surface area (TPSA) is 21.3 Å². The van der Waals surface area contributed by atoms with Gasteiger partial charge in [0, 0.05) is 0 Å². The SMILES string of the molecule is CCCNCC(C)CCc1ccc(OC)cc1. The van der Waals surface area contributed by atoms with Crippen LogP contribution in [0.25, 0.3) is 0 Å². The number of aryl methyl sites for hydroxylation is 1. The molecule has 0 saturated carbocycles. The third kappa shape index (κ3) is 5.73. The van der Waals surface area contributed by atoms with Gasteiger partial charge in [0.2, 0.25) is 0 Å². The van der Waals surface area contributed by atoms with E-state index in [4.69, 9.17) is 4.74 Å². The lowest BCUT2D eigenvalue weighted by Crippen LogP contribution is -2.22. The van der Waals surface area contributed by atoms with Crippen LogP contribution in [0.5, 0.6) is 5.75 Å². The Balaban J connectivity index is 2.24. The van der Waals surface area contributed by atoms with Gasteiger partial charge in [0.15, 0.2) is 0 Å². The van der Waals surface area contributed by atoms with E-state index in [2.05, 4.69) is 31.3 Å². The Labute approximate surface area is 105 Å². The molecule has 0 heterocycles. The van der Waals surface area contributed by atoms with Gasteiger partial charge in [-0.3, -0.25) is 0 Å². The zero-order valence-corrected chi connectivity index (χ0v) is 11.3. The van der Waals surface area contributed by atoms with Gasteiger partial charge in [-0.1, -0.05) is 26.0 Å². The average Bonchev–Trinajstić information content (AvgIpc) is 2.37. The van der Waals surface area contributed by atoms with E-state index in [0.717, 1.165) is 31.2 Å². The van der Waals surface area contributed by atoms with Crippen molar-refractivity contribution in [3.8, 4) is 5.75 Å². The highest BCUT2D eigenvalue weighted by Crippen LogP contribution is 2.14. The second-order valence-corrected chi connectivity index (χ2v) is 4.70. The molecule has 1 aromatic rings. The van der Waals surface area contributed by atoms with Gasteiger partial charge in [-0.25, -0.2) is 0 Å². The Morgan fingerprint density at radius 1 is 1.24 bits per heavy atom. The summed E-state index contributed by atoms with van der Waals surface area (Å²) >= 11 is 0. The maximum absolute atomic E-state index is 5.15. The van der Waals surface area contributed by atoms with Crippen LogP contribution in [-0.4, -0.2) is 20.2 Å². The number of hydrogen-bond donors (Lipinski definition) is 1. The van der Waals surface area contributed by atoms with Gasteiger partial charge in [-0.15, -0.1) is 0 Å². The van der Waals surface area contributed by atoms with Crippen molar-refractivity contribution in [3.05, 3.63) is 29.8 Å². The van der Waals surface area contributed by atoms with Crippen LogP contribution in [0.15, 0.2) is 24.3 Å². The molecule has 1 aromatic carbocycles. The van der Waals surface area contributed by atoms with Gasteiger partial charge in [0.25, 0.3) is 0 Å². The van der Waals surface area contributed by atoms with Crippen molar-refractivity contribution < 1.29 is 4.74 Å². The quantitative estimate of drug-likeness (QED) is 0.698. The van der Waals surface area contributed by atoms with Crippen LogP contribution >= 0.6 is 0 Å². The Bertz CT molecular complexity index is 294. The molecule has 17 heavy (non-hydrogen) atoms. The van der Waals surface area contributed by atoms with E-state index >= 15 is 0 Å². The molecule has 1 N–H and O–H groups in total. The summed E-state index contributed by atoms with van der Waals surface area (Å²) in [6.07, 6.45) is 3.60. The first kappa shape index (κ1) is 14.0. The molecule has 0 fully saturated rings. The minimum Gasteiger partial charge on any atom is -0.497 e. The molecule has 0 radical (unpaired) electrons. The Morgan fingerprint density at radius 2 is 1.94 bits per heavy atom. The fraction of sp³-hybridized carbons (Fsp3) is 0.600. The summed E-state index contributed by atoms with van der Waals surface area (Å²) in [6.45, 7) is 6.78. The monoisotopic (exact) mass is 235 g/mol. The molecule has 96 valence electrons. The molecular weight excluding hydrogens is 210 g/mol. The van der Waals surface area contributed by atoms with Gasteiger partial charge in [0.1, 0.15) is 5.75 Å². The van der Waals surface area contributed by atoms with Crippen LogP contribution in [0.4, 0.5) is 0 Å². The summed E-state index contributed by atoms with van der Waals surface area (Å²) in [6, 6.07) is 8.39. The maximum atomic E-state index is 5.15. The first-order valence-corrected chi connectivity index (χ1v) is 6.60. The highest BCUT2D eigenvalue weighted by atomic mass is 16.5. The molecule has 0 saturated heterocycles. The van der Waals surface area contributed by atoms with E-state index in [1.807, 2.05) is 12.1 Å². The predicted molar refractivity (Wildman–Crippen MR) is 73.6 cm³/mol. The van der Waals surface area contributed by atoms with Crippen molar-refractivity contribution in [1.82, 2.24) is 5.32 Å². The standard InChI is InChI=1S/C15H25NO/c1-4-11-16-12-13(2)5-6-14-7-9-15(17-3)10-8-14/h7-10,13,16H,4-6,11-12H2,1-3H3. The third-order valence-corrected chi connectivity index (χ3v) is 3.00. The van der Waals surface area contributed by atoms with Crippen molar-refractivity contribution in [2.45, 2.75) is 33.1 Å². The summed E-state index contributed by atoms with van der Waals surface area (Å²) in [7, 11) is 1.70. The zero-order valence-electron chi connectivity index (χ0n) is 11.3. The van der Waals surface area contributed by atoms with Crippen LogP contribution in [0.1, 0.15) is 32.3 Å². The van der Waals surface area contributed by atoms with Gasteiger partial charge >= 0.3 is 0 Å². The van der Waals surface area contributed by atoms with Crippen LogP contribution in [0.2, 0.25) is 0 Å². The smallest absolute Gasteiger partial charge is 0.118 e. The van der Waals surface area contributed by atoms with E-state index in [9.17, 15) is 0 Å². The molecule has 2 heteroatoms. The maximum Gasteiger partial charge on any atom is 0.118 e. The summed E-state index contributed by atoms with van der Waals surface area (Å²) in [5, 5.41) is 3.47. The molecule has 1 unspecified atom stereocenters. The van der Waals surface area contributed by atoms with E-state index in [-0.39, 0.29) is 0 Å². The fourth-order valence-corrected chi connectivity index (χ4v) is 1.83. The molecule has 0 bridgehead atoms. The summed E-state index contributed by atoms with van der Waals surface area (Å²) < 4.78 is 5.15. The lowest BCUT2D eigenvalue weighted by molar-refractivity contribution is 0.414. The average molecular weight is 235 g/mol. The van der Waals surface area contributed by atoms with Crippen molar-refractivity contribution in [1.29, 1.82) is 0 Å². The number of ether oxygens (including phenoxy) is 1. The molecular formula is C15H25NO. The molecule has 0 spiro atoms. The molecule has 0 aromatic heterocycles. The number of rotatable bonds is 8. The summed E-state index contributed by atoms with van der Waals surface area (Å²) in [5.74, 6) is 1.68. The van der Waals surface area contributed by atoms with E-state index in [1.165, 1.54) is 18.4 Å². The van der Waals surface area contributed by atoms with Crippen molar-refractivity contribution in [2.75, 3.05) is 20.2 Å². The van der Waals surface area contributed by atoms with Gasteiger partial charge in [0.05, 0.1) is 7.11 Å². The summed E-state index contributed by atoms with van der Waals surface area (Å²) in [5.41, 5.74) is 1.40. The first-order valence-electron chi connectivity index (χ1n) is 6.60. The highest BCUT2D eigenvalue weighted by molar-refractivity contribution is 5.27. The van der Waals surface area contributed by atoms with Gasteiger partial charge in [-0.05, 0) is 56.0 Å². The second kappa shape index (κ2) is 8.13. The molecule has 2 nitrogen and oxygen atoms in total. The third-order valence-electron chi connectivity index (χ3n) is 3.00. The highest BCUT2D eigenvalue weighted by Gasteiger charge is 2.02. The first-order chi connectivity index (χ1) is 8.26. The van der Waals surface area contributed by atoms with Crippen LogP contribution in [0, 0.1) is 5.92 Å². The minimum absolute atomic E-state index is 0.739. The summed E-state index contributed by atoms with van der Waals surface area (Å²) in [4.78, 5) is 0. The van der Waals surface area contributed by atoms with Crippen LogP contribution in [-0.2, 0) is 6.42 Å². The number of methoxy groups -OCH3 is 1. The van der Waals surface area contributed by atoms with Crippen molar-refractivity contribution >= 4 is 0 Å². The fourth-order valence-electron chi connectivity index (χ4n) is 1.83. The van der Waals surface area contributed by atoms with E-state index in [0.29, 0.717) is 0 Å². The van der Waals surface area contributed by atoms with Crippen LogP contribution in [0.3, 0.4) is 0 Å². The molecule has 0 aliphatic heterocycles. The van der Waals surface area contributed by atoms with Crippen LogP contribution < -0.4 is 10.1 Å². The second-order valence-electron chi connectivity index (χ2n) is 4.70. The molecule has 0 amide bonds. The molecule has 0 aliphatic carbocycles. The van der Waals surface area contributed by atoms with Gasteiger partial charge < -0.3 is 10.1 Å². The largest absolute Gasteiger partial charge is 0.497 e. The van der Waals surface area contributed by atoms with E-state index in [1.54, 1.807) is 7.11 Å². The van der Waals surface area contributed by atoms with Crippen molar-refractivity contribution in [3.63, 3.8) is 0 Å². The zero-order chi connectivity index (χ0) is 12.5. The molecule has 1 rings (SSSR count). The Kier molecular flexibility index (Phi) is 6.71. The van der Waals surface area contributed by atoms with Gasteiger partial charge in [-0.2, -0.15) is 0 Å². The molecule has 1 atom stereocenters. The Morgan fingerprint density at radius 3 is 2.53 bits per heavy atom. The number of hydrogen-bond acceptors (Lipinski definition) is 2. The lowest BCUT2D eigenvalue weighted by Gasteiger charge is -2.12. The number of nitrogens with one attached hydrogen (secondary N) is 1. The minimum atomic E-state index is 0.739. The van der Waals surface area contributed by atoms with Crippen molar-refractivity contribution in [2.24, 2.45) is 5.92 Å². The van der Waals surface area contributed by atoms with E-state index < -0.39 is 0 Å². The Hall–Kier alpha value is -1.02. The lowest BCUT2D eigenvalue weighted by atomic mass is 10.0.